The van der Waals surface area contributed by atoms with E-state index >= 15 is 0 Å². The Hall–Kier alpha value is -4.52. The van der Waals surface area contributed by atoms with Gasteiger partial charge in [-0.25, -0.2) is 11.3 Å². The van der Waals surface area contributed by atoms with Crippen molar-refractivity contribution in [2.24, 2.45) is 0 Å². The van der Waals surface area contributed by atoms with Crippen LogP contribution in [0.3, 0.4) is 0 Å². The van der Waals surface area contributed by atoms with Crippen molar-refractivity contribution >= 4 is 23.4 Å². The minimum absolute atomic E-state index is 0.0763. The third kappa shape index (κ3) is 4.14. The summed E-state index contributed by atoms with van der Waals surface area (Å²) in [6.45, 7) is 7.95. The molecule has 39 heavy (non-hydrogen) atoms. The molecule has 2 aliphatic heterocycles. The Morgan fingerprint density at radius 3 is 2.64 bits per heavy atom. The second-order valence-electron chi connectivity index (χ2n) is 10.7. The first-order valence-corrected chi connectivity index (χ1v) is 13.2. The first kappa shape index (κ1) is 24.8. The average molecular weight is 524 g/mol. The quantitative estimate of drug-likeness (QED) is 0.500. The Labute approximate surface area is 226 Å². The number of rotatable bonds is 6. The van der Waals surface area contributed by atoms with Crippen LogP contribution in [0.25, 0.3) is 4.85 Å². The number of hydrogen-bond acceptors (Lipinski definition) is 5. The lowest BCUT2D eigenvalue weighted by atomic mass is 9.80. The van der Waals surface area contributed by atoms with E-state index in [1.54, 1.807) is 17.9 Å². The maximum atomic E-state index is 14.2. The van der Waals surface area contributed by atoms with E-state index in [1.807, 2.05) is 54.6 Å². The Bertz CT molecular complexity index is 1480. The highest BCUT2D eigenvalue weighted by Crippen LogP contribution is 2.47. The molecule has 6 rings (SSSR count). The first-order valence-electron chi connectivity index (χ1n) is 13.2. The number of aromatic nitrogens is 3. The summed E-state index contributed by atoms with van der Waals surface area (Å²) in [5.41, 5.74) is 1.58. The van der Waals surface area contributed by atoms with Gasteiger partial charge in [0.2, 0.25) is 5.91 Å². The van der Waals surface area contributed by atoms with Crippen LogP contribution >= 0.6 is 0 Å². The standard InChI is InChI=1S/C29H29N7O3/c1-30-25-16-29(21-13-6-7-14-22(21)31-28(29)39)18-35(25)27(38)24(15-19-9-4-3-5-10-19)34(2)26(37)23-17-36(33-32-23)20-11-8-12-20/h3-7,9-10,13-14,17,20,24-25H,8,11-12,15-16,18H2,2H3,(H,31,39)/t24-,25-,29-/m0/s1. The van der Waals surface area contributed by atoms with Gasteiger partial charge in [-0.1, -0.05) is 53.7 Å². The van der Waals surface area contributed by atoms with Gasteiger partial charge in [-0.3, -0.25) is 24.1 Å². The summed E-state index contributed by atoms with van der Waals surface area (Å²) in [6.07, 6.45) is 4.44. The van der Waals surface area contributed by atoms with E-state index in [0.717, 1.165) is 30.4 Å². The Morgan fingerprint density at radius 2 is 1.92 bits per heavy atom. The van der Waals surface area contributed by atoms with Crippen LogP contribution in [-0.4, -0.2) is 68.3 Å². The van der Waals surface area contributed by atoms with Crippen molar-refractivity contribution in [2.45, 2.75) is 55.8 Å². The van der Waals surface area contributed by atoms with Crippen molar-refractivity contribution in [3.05, 3.63) is 89.0 Å². The fourth-order valence-electron chi connectivity index (χ4n) is 5.90. The minimum atomic E-state index is -0.993. The predicted molar refractivity (Wildman–Crippen MR) is 142 cm³/mol. The molecule has 3 amide bonds. The molecule has 1 saturated carbocycles. The molecule has 1 spiro atoms. The lowest BCUT2D eigenvalue weighted by molar-refractivity contribution is -0.136. The summed E-state index contributed by atoms with van der Waals surface area (Å²) in [4.78, 5) is 47.7. The van der Waals surface area contributed by atoms with Gasteiger partial charge in [0.15, 0.2) is 5.69 Å². The summed E-state index contributed by atoms with van der Waals surface area (Å²) >= 11 is 0. The van der Waals surface area contributed by atoms with E-state index in [-0.39, 0.29) is 42.9 Å². The second-order valence-corrected chi connectivity index (χ2v) is 10.7. The number of carbonyl (C=O) groups excluding carboxylic acids is 3. The van der Waals surface area contributed by atoms with Crippen LogP contribution in [0.15, 0.2) is 60.8 Å². The maximum absolute atomic E-state index is 14.2. The highest BCUT2D eigenvalue weighted by atomic mass is 16.2. The summed E-state index contributed by atoms with van der Waals surface area (Å²) in [5.74, 6) is -0.979. The average Bonchev–Trinajstić information content (AvgIpc) is 3.63. The fraction of sp³-hybridized carbons (Fsp3) is 0.379. The van der Waals surface area contributed by atoms with E-state index in [9.17, 15) is 14.4 Å². The van der Waals surface area contributed by atoms with Gasteiger partial charge in [-0.05, 0) is 36.5 Å². The fourth-order valence-corrected chi connectivity index (χ4v) is 5.90. The molecule has 2 aromatic carbocycles. The lowest BCUT2D eigenvalue weighted by Gasteiger charge is -2.31. The third-order valence-electron chi connectivity index (χ3n) is 8.41. The molecular weight excluding hydrogens is 494 g/mol. The van der Waals surface area contributed by atoms with Crippen molar-refractivity contribution in [3.63, 3.8) is 0 Å². The molecule has 198 valence electrons. The molecular formula is C29H29N7O3. The van der Waals surface area contributed by atoms with E-state index in [2.05, 4.69) is 20.5 Å². The molecule has 1 aromatic heterocycles. The normalized spacial score (nSPS) is 22.6. The molecule has 3 heterocycles. The molecule has 0 radical (unpaired) electrons. The lowest BCUT2D eigenvalue weighted by Crippen LogP contribution is -2.52. The molecule has 1 N–H and O–H groups in total. The number of para-hydroxylation sites is 1. The molecule has 1 aliphatic carbocycles. The van der Waals surface area contributed by atoms with Gasteiger partial charge in [0.1, 0.15) is 11.5 Å². The van der Waals surface area contributed by atoms with Crippen molar-refractivity contribution in [1.29, 1.82) is 0 Å². The molecule has 3 atom stereocenters. The minimum Gasteiger partial charge on any atom is -0.328 e. The molecule has 0 bridgehead atoms. The number of nitrogens with zero attached hydrogens (tertiary/aromatic N) is 6. The zero-order valence-corrected chi connectivity index (χ0v) is 21.7. The highest BCUT2D eigenvalue weighted by Gasteiger charge is 2.59. The van der Waals surface area contributed by atoms with E-state index in [0.29, 0.717) is 5.69 Å². The van der Waals surface area contributed by atoms with Gasteiger partial charge in [0, 0.05) is 25.7 Å². The van der Waals surface area contributed by atoms with Gasteiger partial charge in [0.25, 0.3) is 11.8 Å². The number of benzene rings is 2. The number of likely N-dealkylation sites (N-methyl/N-ethyl adjacent to an activating group) is 1. The van der Waals surface area contributed by atoms with Crippen LogP contribution in [0.4, 0.5) is 5.69 Å². The molecule has 3 aliphatic rings. The monoisotopic (exact) mass is 523 g/mol. The molecule has 1 saturated heterocycles. The second kappa shape index (κ2) is 9.66. The summed E-state index contributed by atoms with van der Waals surface area (Å²) in [5, 5.41) is 11.2. The Kier molecular flexibility index (Phi) is 6.14. The van der Waals surface area contributed by atoms with Crippen LogP contribution < -0.4 is 5.32 Å². The number of fused-ring (bicyclic) bond motifs is 2. The van der Waals surface area contributed by atoms with Crippen LogP contribution in [0.5, 0.6) is 0 Å². The number of nitrogens with one attached hydrogen (secondary N) is 1. The SMILES string of the molecule is [C-]#[N+][C@@H]1C[C@@]2(CN1C(=O)[C@H](Cc1ccccc1)N(C)C(=O)c1cn(C3CCC3)nn1)C(=O)Nc1ccccc12. The summed E-state index contributed by atoms with van der Waals surface area (Å²) in [6, 6.07) is 16.3. The van der Waals surface area contributed by atoms with Crippen molar-refractivity contribution in [1.82, 2.24) is 24.8 Å². The maximum Gasteiger partial charge on any atom is 0.302 e. The van der Waals surface area contributed by atoms with Crippen molar-refractivity contribution in [3.8, 4) is 0 Å². The largest absolute Gasteiger partial charge is 0.328 e. The first-order chi connectivity index (χ1) is 18.9. The predicted octanol–water partition coefficient (Wildman–Crippen LogP) is 3.05. The zero-order chi connectivity index (χ0) is 27.1. The van der Waals surface area contributed by atoms with E-state index in [1.165, 1.54) is 9.80 Å². The number of likely N-dealkylation sites (tertiary alicyclic amines) is 1. The van der Waals surface area contributed by atoms with Gasteiger partial charge < -0.3 is 10.2 Å². The van der Waals surface area contributed by atoms with Crippen molar-refractivity contribution < 1.29 is 14.4 Å². The topological polar surface area (TPSA) is 105 Å². The van der Waals surface area contributed by atoms with Gasteiger partial charge >= 0.3 is 6.17 Å². The third-order valence-corrected chi connectivity index (χ3v) is 8.41. The van der Waals surface area contributed by atoms with Crippen LogP contribution in [0.2, 0.25) is 0 Å². The smallest absolute Gasteiger partial charge is 0.302 e. The van der Waals surface area contributed by atoms with Crippen molar-refractivity contribution in [2.75, 3.05) is 18.9 Å². The number of carbonyl (C=O) groups is 3. The summed E-state index contributed by atoms with van der Waals surface area (Å²) in [7, 11) is 1.59. The molecule has 10 heteroatoms. The number of hydrogen-bond donors (Lipinski definition) is 1. The highest BCUT2D eigenvalue weighted by molar-refractivity contribution is 6.07. The van der Waals surface area contributed by atoms with Gasteiger partial charge in [-0.15, -0.1) is 5.10 Å². The zero-order valence-electron chi connectivity index (χ0n) is 21.7. The van der Waals surface area contributed by atoms with Gasteiger partial charge in [0.05, 0.1) is 18.7 Å². The Morgan fingerprint density at radius 1 is 1.18 bits per heavy atom. The number of amides is 3. The van der Waals surface area contributed by atoms with Gasteiger partial charge in [-0.2, -0.15) is 0 Å². The van der Waals surface area contributed by atoms with E-state index < -0.39 is 23.5 Å². The molecule has 2 fully saturated rings. The Balaban J connectivity index is 1.31. The summed E-state index contributed by atoms with van der Waals surface area (Å²) < 4.78 is 1.73. The van der Waals surface area contributed by atoms with Crippen LogP contribution in [0, 0.1) is 6.57 Å². The van der Waals surface area contributed by atoms with Crippen LogP contribution in [-0.2, 0) is 21.4 Å². The molecule has 10 nitrogen and oxygen atoms in total. The molecule has 0 unspecified atom stereocenters. The number of anilines is 1. The van der Waals surface area contributed by atoms with Crippen LogP contribution in [0.1, 0.15) is 53.3 Å². The van der Waals surface area contributed by atoms with E-state index in [4.69, 9.17) is 6.57 Å². The molecule has 3 aromatic rings.